The van der Waals surface area contributed by atoms with Crippen LogP contribution in [0.25, 0.3) is 6.08 Å². The molecule has 128 valence electrons. The predicted molar refractivity (Wildman–Crippen MR) is 87.2 cm³/mol. The number of ether oxygens (including phenoxy) is 1. The van der Waals surface area contributed by atoms with E-state index >= 15 is 0 Å². The molecule has 1 amide bonds. The summed E-state index contributed by atoms with van der Waals surface area (Å²) in [5.41, 5.74) is 0.631. The van der Waals surface area contributed by atoms with Crippen molar-refractivity contribution < 1.29 is 28.2 Å². The van der Waals surface area contributed by atoms with Crippen molar-refractivity contribution in [3.05, 3.63) is 34.7 Å². The van der Waals surface area contributed by atoms with Gasteiger partial charge in [0.1, 0.15) is 10.1 Å². The summed E-state index contributed by atoms with van der Waals surface area (Å²) in [5.74, 6) is -1.46. The van der Waals surface area contributed by atoms with Crippen molar-refractivity contribution in [2.24, 2.45) is 0 Å². The van der Waals surface area contributed by atoms with Crippen LogP contribution >= 0.6 is 24.0 Å². The Hall–Kier alpha value is -2.00. The maximum atomic E-state index is 12.3. The van der Waals surface area contributed by atoms with Gasteiger partial charge >= 0.3 is 6.61 Å². The van der Waals surface area contributed by atoms with Crippen LogP contribution in [-0.4, -0.2) is 34.3 Å². The summed E-state index contributed by atoms with van der Waals surface area (Å²) >= 11 is 6.22. The van der Waals surface area contributed by atoms with Gasteiger partial charge in [0.15, 0.2) is 0 Å². The molecule has 2 rings (SSSR count). The lowest BCUT2D eigenvalue weighted by Crippen LogP contribution is -2.30. The van der Waals surface area contributed by atoms with Crippen molar-refractivity contribution >= 4 is 46.3 Å². The lowest BCUT2D eigenvalue weighted by atomic mass is 10.2. The highest BCUT2D eigenvalue weighted by atomic mass is 32.2. The minimum atomic E-state index is -2.90. The number of aliphatic carboxylic acids is 1. The minimum absolute atomic E-state index is 0.0250. The van der Waals surface area contributed by atoms with E-state index in [0.29, 0.717) is 14.8 Å². The van der Waals surface area contributed by atoms with E-state index in [1.807, 2.05) is 0 Å². The number of amides is 1. The smallest absolute Gasteiger partial charge is 0.387 e. The first-order valence-corrected chi connectivity index (χ1v) is 8.09. The number of alkyl halides is 2. The maximum Gasteiger partial charge on any atom is 0.387 e. The number of benzene rings is 1. The van der Waals surface area contributed by atoms with Crippen LogP contribution in [0.2, 0.25) is 0 Å². The van der Waals surface area contributed by atoms with E-state index in [0.717, 1.165) is 11.8 Å². The number of carboxylic acids is 1. The average molecular weight is 372 g/mol. The van der Waals surface area contributed by atoms with E-state index in [9.17, 15) is 23.5 Å². The van der Waals surface area contributed by atoms with E-state index in [4.69, 9.17) is 12.2 Å². The quantitative estimate of drug-likeness (QED) is 0.539. The van der Waals surface area contributed by atoms with Gasteiger partial charge in [0, 0.05) is 12.5 Å². The van der Waals surface area contributed by atoms with Gasteiger partial charge in [-0.3, -0.25) is 9.69 Å². The molecule has 0 atom stereocenters. The second-order valence-corrected chi connectivity index (χ2v) is 6.43. The van der Waals surface area contributed by atoms with Crippen LogP contribution in [0.4, 0.5) is 8.78 Å². The van der Waals surface area contributed by atoms with E-state index in [1.165, 1.54) is 17.0 Å². The summed E-state index contributed by atoms with van der Waals surface area (Å²) in [6.07, 6.45) is 1.69. The SMILES string of the molecule is O=C([O-])CCCN1C(=O)/C(=C\c2ccc(OC(F)F)cc2)SC1=S. The fourth-order valence-electron chi connectivity index (χ4n) is 1.97. The summed E-state index contributed by atoms with van der Waals surface area (Å²) in [7, 11) is 0. The van der Waals surface area contributed by atoms with Crippen LogP contribution in [0.1, 0.15) is 18.4 Å². The summed E-state index contributed by atoms with van der Waals surface area (Å²) in [6.45, 7) is -2.69. The Morgan fingerprint density at radius 3 is 2.62 bits per heavy atom. The molecule has 0 spiro atoms. The van der Waals surface area contributed by atoms with E-state index in [2.05, 4.69) is 4.74 Å². The molecule has 0 saturated carbocycles. The third-order valence-corrected chi connectivity index (χ3v) is 4.42. The van der Waals surface area contributed by atoms with Gasteiger partial charge in [0.25, 0.3) is 5.91 Å². The molecular weight excluding hydrogens is 360 g/mol. The predicted octanol–water partition coefficient (Wildman–Crippen LogP) is 2.02. The van der Waals surface area contributed by atoms with Crippen molar-refractivity contribution in [1.29, 1.82) is 0 Å². The highest BCUT2D eigenvalue weighted by Crippen LogP contribution is 2.33. The van der Waals surface area contributed by atoms with E-state index in [1.54, 1.807) is 18.2 Å². The third-order valence-electron chi connectivity index (χ3n) is 3.04. The molecule has 1 aliphatic rings. The Balaban J connectivity index is 2.03. The topological polar surface area (TPSA) is 69.7 Å². The van der Waals surface area contributed by atoms with Gasteiger partial charge in [0.2, 0.25) is 0 Å². The number of hydrogen-bond acceptors (Lipinski definition) is 6. The summed E-state index contributed by atoms with van der Waals surface area (Å²) < 4.78 is 28.8. The Labute approximate surface area is 146 Å². The minimum Gasteiger partial charge on any atom is -0.550 e. The molecule has 1 heterocycles. The van der Waals surface area contributed by atoms with Crippen LogP contribution in [0, 0.1) is 0 Å². The fourth-order valence-corrected chi connectivity index (χ4v) is 3.28. The molecule has 5 nitrogen and oxygen atoms in total. The maximum absolute atomic E-state index is 12.3. The highest BCUT2D eigenvalue weighted by Gasteiger charge is 2.31. The Morgan fingerprint density at radius 1 is 1.38 bits per heavy atom. The summed E-state index contributed by atoms with van der Waals surface area (Å²) in [5, 5.41) is 10.4. The van der Waals surface area contributed by atoms with Crippen molar-refractivity contribution in [2.75, 3.05) is 6.54 Å². The summed E-state index contributed by atoms with van der Waals surface area (Å²) in [4.78, 5) is 24.4. The van der Waals surface area contributed by atoms with Crippen molar-refractivity contribution in [3.8, 4) is 5.75 Å². The highest BCUT2D eigenvalue weighted by molar-refractivity contribution is 8.26. The van der Waals surface area contributed by atoms with Crippen molar-refractivity contribution in [2.45, 2.75) is 19.5 Å². The molecule has 0 bridgehead atoms. The van der Waals surface area contributed by atoms with Gasteiger partial charge < -0.3 is 14.6 Å². The average Bonchev–Trinajstić information content (AvgIpc) is 2.76. The van der Waals surface area contributed by atoms with Gasteiger partial charge in [-0.2, -0.15) is 8.78 Å². The molecule has 0 aliphatic carbocycles. The molecule has 0 unspecified atom stereocenters. The number of carbonyl (C=O) groups excluding carboxylic acids is 2. The number of halogens is 2. The van der Waals surface area contributed by atoms with Gasteiger partial charge in [-0.05, 0) is 36.6 Å². The van der Waals surface area contributed by atoms with Crippen molar-refractivity contribution in [1.82, 2.24) is 4.90 Å². The standard InChI is InChI=1S/C15H13F2NO4S2/c16-14(17)22-10-5-3-9(4-6-10)8-11-13(21)18(15(23)24-11)7-1-2-12(19)20/h3-6,8,14H,1-2,7H2,(H,19,20)/p-1/b11-8+. The second-order valence-electron chi connectivity index (χ2n) is 4.76. The Morgan fingerprint density at radius 2 is 2.04 bits per heavy atom. The monoisotopic (exact) mass is 372 g/mol. The lowest BCUT2D eigenvalue weighted by molar-refractivity contribution is -0.305. The first kappa shape index (κ1) is 18.3. The van der Waals surface area contributed by atoms with Crippen LogP contribution in [-0.2, 0) is 9.59 Å². The number of nitrogens with zero attached hydrogens (tertiary/aromatic N) is 1. The van der Waals surface area contributed by atoms with Crippen LogP contribution in [0.3, 0.4) is 0 Å². The number of rotatable bonds is 7. The normalized spacial score (nSPS) is 16.3. The summed E-state index contributed by atoms with van der Waals surface area (Å²) in [6, 6.07) is 5.83. The molecule has 0 aromatic heterocycles. The Kier molecular flexibility index (Phi) is 6.27. The van der Waals surface area contributed by atoms with Crippen LogP contribution in [0.5, 0.6) is 5.75 Å². The molecule has 1 aromatic rings. The van der Waals surface area contributed by atoms with E-state index < -0.39 is 12.6 Å². The number of carboxylic acid groups (broad SMARTS) is 1. The van der Waals surface area contributed by atoms with E-state index in [-0.39, 0.29) is 31.0 Å². The zero-order chi connectivity index (χ0) is 17.7. The number of carbonyl (C=O) groups is 2. The number of hydrogen-bond donors (Lipinski definition) is 0. The number of thiocarbonyl (C=S) groups is 1. The molecule has 24 heavy (non-hydrogen) atoms. The number of thioether (sulfide) groups is 1. The molecule has 1 saturated heterocycles. The molecule has 9 heteroatoms. The van der Waals surface area contributed by atoms with Gasteiger partial charge in [0.05, 0.1) is 4.91 Å². The van der Waals surface area contributed by atoms with Crippen molar-refractivity contribution in [3.63, 3.8) is 0 Å². The molecule has 1 aliphatic heterocycles. The first-order chi connectivity index (χ1) is 11.4. The molecular formula is C15H12F2NO4S2-. The largest absolute Gasteiger partial charge is 0.550 e. The van der Waals surface area contributed by atoms with Crippen LogP contribution in [0.15, 0.2) is 29.2 Å². The molecule has 1 fully saturated rings. The fraction of sp³-hybridized carbons (Fsp3) is 0.267. The van der Waals surface area contributed by atoms with Gasteiger partial charge in [-0.25, -0.2) is 0 Å². The van der Waals surface area contributed by atoms with Gasteiger partial charge in [-0.1, -0.05) is 36.1 Å². The van der Waals surface area contributed by atoms with Crippen LogP contribution < -0.4 is 9.84 Å². The molecule has 0 N–H and O–H groups in total. The molecule has 0 radical (unpaired) electrons. The molecule has 1 aromatic carbocycles. The zero-order valence-corrected chi connectivity index (χ0v) is 13.9. The first-order valence-electron chi connectivity index (χ1n) is 6.87. The zero-order valence-electron chi connectivity index (χ0n) is 12.2. The lowest BCUT2D eigenvalue weighted by Gasteiger charge is -2.14. The van der Waals surface area contributed by atoms with Gasteiger partial charge in [-0.15, -0.1) is 0 Å². The second kappa shape index (κ2) is 8.20. The third kappa shape index (κ3) is 5.00. The Bertz CT molecular complexity index is 677.